The summed E-state index contributed by atoms with van der Waals surface area (Å²) in [7, 11) is 0. The number of amides is 1. The minimum absolute atomic E-state index is 0.727. The van der Waals surface area contributed by atoms with Gasteiger partial charge in [-0.3, -0.25) is 4.79 Å². The molecule has 0 saturated heterocycles. The predicted octanol–water partition coefficient (Wildman–Crippen LogP) is 0.675. The van der Waals surface area contributed by atoms with E-state index in [2.05, 4.69) is 17.1 Å². The first-order valence-electron chi connectivity index (χ1n) is 4.96. The lowest BCUT2D eigenvalue weighted by Crippen LogP contribution is -2.27. The summed E-state index contributed by atoms with van der Waals surface area (Å²) in [6.07, 6.45) is 8.05. The molecule has 2 N–H and O–H groups in total. The molecule has 0 aromatic carbocycles. The molecule has 1 aliphatic carbocycles. The van der Waals surface area contributed by atoms with Crippen LogP contribution >= 0.6 is 0 Å². The van der Waals surface area contributed by atoms with E-state index in [9.17, 15) is 4.79 Å². The molecule has 0 unspecified atom stereocenters. The Hall–Kier alpha value is -0.830. The Bertz CT molecular complexity index is 133. The van der Waals surface area contributed by atoms with Crippen LogP contribution in [0.4, 0.5) is 0 Å². The lowest BCUT2D eigenvalue weighted by molar-refractivity contribution is -0.109. The van der Waals surface area contributed by atoms with E-state index < -0.39 is 0 Å². The molecule has 0 bridgehead atoms. The Morgan fingerprint density at radius 1 is 1.38 bits per heavy atom. The third kappa shape index (κ3) is 4.68. The standard InChI is InChI=1S/C10H17N2O/c13-9-12-8-7-11-6-5-10-3-1-2-4-10/h1,9,11H,2-8H2/q+1/p+1. The van der Waals surface area contributed by atoms with Crippen LogP contribution in [0.5, 0.6) is 0 Å². The topological polar surface area (TPSA) is 41.1 Å². The van der Waals surface area contributed by atoms with Gasteiger partial charge in [-0.15, -0.1) is 0 Å². The zero-order chi connectivity index (χ0) is 9.36. The minimum atomic E-state index is 0.727. The van der Waals surface area contributed by atoms with Gasteiger partial charge in [0.05, 0.1) is 0 Å². The van der Waals surface area contributed by atoms with Gasteiger partial charge < -0.3 is 10.6 Å². The van der Waals surface area contributed by atoms with Gasteiger partial charge in [0.15, 0.2) is 0 Å². The quantitative estimate of drug-likeness (QED) is 0.345. The number of hydrogen-bond donors (Lipinski definition) is 2. The Kier molecular flexibility index (Phi) is 5.25. The normalized spacial score (nSPS) is 15.5. The van der Waals surface area contributed by atoms with E-state index in [4.69, 9.17) is 0 Å². The zero-order valence-corrected chi connectivity index (χ0v) is 8.01. The van der Waals surface area contributed by atoms with Crippen molar-refractivity contribution in [2.24, 2.45) is 0 Å². The number of hydrogen-bond acceptors (Lipinski definition) is 2. The molecule has 0 spiro atoms. The Balaban J connectivity index is 1.80. The Morgan fingerprint density at radius 3 is 3.00 bits per heavy atom. The third-order valence-corrected chi connectivity index (χ3v) is 2.32. The molecule has 3 nitrogen and oxygen atoms in total. The van der Waals surface area contributed by atoms with E-state index in [0.717, 1.165) is 26.0 Å². The summed E-state index contributed by atoms with van der Waals surface area (Å²) in [4.78, 5) is 9.90. The van der Waals surface area contributed by atoms with Gasteiger partial charge in [-0.05, 0) is 0 Å². The molecule has 0 heterocycles. The molecule has 0 atom stereocenters. The van der Waals surface area contributed by atoms with Crippen LogP contribution in [-0.4, -0.2) is 26.0 Å². The summed E-state index contributed by atoms with van der Waals surface area (Å²) in [5, 5.41) is 5.91. The van der Waals surface area contributed by atoms with E-state index in [0.29, 0.717) is 0 Å². The molecular formula is C10H18N2O+2. The lowest BCUT2D eigenvalue weighted by atomic mass is 10.0. The molecule has 0 aromatic heterocycles. The first-order chi connectivity index (χ1) is 6.43. The number of nitrogens with one attached hydrogen (secondary N) is 2. The first kappa shape index (κ1) is 10.3. The second kappa shape index (κ2) is 6.66. The van der Waals surface area contributed by atoms with Gasteiger partial charge in [0.25, 0.3) is 0 Å². The fourth-order valence-electron chi connectivity index (χ4n) is 1.55. The van der Waals surface area contributed by atoms with Crippen molar-refractivity contribution in [2.45, 2.75) is 25.7 Å². The third-order valence-electron chi connectivity index (χ3n) is 2.32. The Labute approximate surface area is 80.3 Å². The number of rotatable bonds is 7. The maximum atomic E-state index is 9.90. The number of carbonyl (C=O) groups is 1. The average molecular weight is 182 g/mol. The highest BCUT2D eigenvalue weighted by Crippen LogP contribution is 2.28. The molecule has 1 aliphatic rings. The summed E-state index contributed by atoms with van der Waals surface area (Å²) in [5.41, 5.74) is 0. The molecule has 0 aromatic rings. The molecular weight excluding hydrogens is 164 g/mol. The van der Waals surface area contributed by atoms with Crippen molar-refractivity contribution in [1.29, 1.82) is 0 Å². The van der Waals surface area contributed by atoms with Crippen LogP contribution in [0.15, 0.2) is 0 Å². The monoisotopic (exact) mass is 182 g/mol. The Morgan fingerprint density at radius 2 is 2.31 bits per heavy atom. The lowest BCUT2D eigenvalue weighted by Gasteiger charge is -2.01. The maximum absolute atomic E-state index is 9.90. The van der Waals surface area contributed by atoms with Gasteiger partial charge >= 0.3 is 0 Å². The van der Waals surface area contributed by atoms with Crippen molar-refractivity contribution < 1.29 is 4.79 Å². The molecule has 3 heteroatoms. The number of carbonyl (C=O) groups excluding carboxylic acids is 1. The fraction of sp³-hybridized carbons (Fsp3) is 0.700. The van der Waals surface area contributed by atoms with E-state index >= 15 is 0 Å². The van der Waals surface area contributed by atoms with E-state index in [1.54, 1.807) is 5.92 Å². The van der Waals surface area contributed by atoms with Crippen LogP contribution in [0.1, 0.15) is 25.7 Å². The smallest absolute Gasteiger partial charge is 0.220 e. The highest BCUT2D eigenvalue weighted by atomic mass is 16.1. The highest BCUT2D eigenvalue weighted by molar-refractivity contribution is 5.45. The van der Waals surface area contributed by atoms with Crippen LogP contribution < -0.4 is 10.6 Å². The van der Waals surface area contributed by atoms with Gasteiger partial charge in [-0.1, -0.05) is 0 Å². The van der Waals surface area contributed by atoms with Gasteiger partial charge in [-0.25, -0.2) is 0 Å². The minimum Gasteiger partial charge on any atom is -0.357 e. The second-order valence-corrected chi connectivity index (χ2v) is 3.35. The van der Waals surface area contributed by atoms with Gasteiger partial charge in [0.2, 0.25) is 12.8 Å². The van der Waals surface area contributed by atoms with E-state index in [1.165, 1.54) is 25.7 Å². The molecule has 1 saturated carbocycles. The first-order valence-corrected chi connectivity index (χ1v) is 4.96. The zero-order valence-electron chi connectivity index (χ0n) is 8.01. The predicted molar refractivity (Wildman–Crippen MR) is 52.9 cm³/mol. The van der Waals surface area contributed by atoms with Crippen molar-refractivity contribution in [2.75, 3.05) is 19.6 Å². The van der Waals surface area contributed by atoms with Gasteiger partial charge in [-0.2, -0.15) is 0 Å². The van der Waals surface area contributed by atoms with Crippen molar-refractivity contribution in [3.63, 3.8) is 0 Å². The van der Waals surface area contributed by atoms with Crippen LogP contribution in [0.3, 0.4) is 0 Å². The summed E-state index contributed by atoms with van der Waals surface area (Å²) in [5.74, 6) is 1.66. The molecule has 1 amide bonds. The molecule has 72 valence electrons. The second-order valence-electron chi connectivity index (χ2n) is 3.35. The maximum Gasteiger partial charge on any atom is 0.220 e. The van der Waals surface area contributed by atoms with Crippen molar-refractivity contribution in [3.8, 4) is 0 Å². The fourth-order valence-corrected chi connectivity index (χ4v) is 1.55. The van der Waals surface area contributed by atoms with E-state index in [1.807, 2.05) is 0 Å². The average Bonchev–Trinajstić information content (AvgIpc) is 2.63. The van der Waals surface area contributed by atoms with E-state index in [-0.39, 0.29) is 0 Å². The SMILES string of the molecule is O=CNCCNCC[C+]1C[CH+]CC1. The van der Waals surface area contributed by atoms with Crippen molar-refractivity contribution >= 4 is 6.41 Å². The molecule has 0 aliphatic heterocycles. The van der Waals surface area contributed by atoms with Gasteiger partial charge in [0, 0.05) is 19.6 Å². The van der Waals surface area contributed by atoms with Crippen LogP contribution in [0.2, 0.25) is 0 Å². The molecule has 0 radical (unpaired) electrons. The van der Waals surface area contributed by atoms with Crippen LogP contribution in [-0.2, 0) is 4.79 Å². The molecule has 13 heavy (non-hydrogen) atoms. The van der Waals surface area contributed by atoms with Crippen LogP contribution in [0.25, 0.3) is 0 Å². The van der Waals surface area contributed by atoms with Crippen molar-refractivity contribution in [3.05, 3.63) is 12.3 Å². The summed E-state index contributed by atoms with van der Waals surface area (Å²) in [6.45, 7) is 2.64. The summed E-state index contributed by atoms with van der Waals surface area (Å²) >= 11 is 0. The molecule has 1 fully saturated rings. The highest BCUT2D eigenvalue weighted by Gasteiger charge is 2.31. The van der Waals surface area contributed by atoms with Crippen LogP contribution in [0, 0.1) is 12.3 Å². The van der Waals surface area contributed by atoms with Gasteiger partial charge in [0.1, 0.15) is 31.6 Å². The molecule has 1 rings (SSSR count). The van der Waals surface area contributed by atoms with Crippen molar-refractivity contribution in [1.82, 2.24) is 10.6 Å². The largest absolute Gasteiger partial charge is 0.357 e. The summed E-state index contributed by atoms with van der Waals surface area (Å²) in [6, 6.07) is 0. The summed E-state index contributed by atoms with van der Waals surface area (Å²) < 4.78 is 0.